The van der Waals surface area contributed by atoms with Crippen LogP contribution in [0.4, 0.5) is 0 Å². The molecule has 4 rings (SSSR count). The molecule has 6 heteroatoms. The summed E-state index contributed by atoms with van der Waals surface area (Å²) in [4.78, 5) is 29.6. The Bertz CT molecular complexity index is 1180. The van der Waals surface area contributed by atoms with Gasteiger partial charge >= 0.3 is 0 Å². The van der Waals surface area contributed by atoms with Gasteiger partial charge in [-0.05, 0) is 35.7 Å². The highest BCUT2D eigenvalue weighted by atomic mass is 16.2. The number of aromatic nitrogens is 3. The van der Waals surface area contributed by atoms with Crippen molar-refractivity contribution in [2.24, 2.45) is 0 Å². The monoisotopic (exact) mass is 374 g/mol. The number of rotatable bonds is 6. The predicted molar refractivity (Wildman–Crippen MR) is 109 cm³/mol. The van der Waals surface area contributed by atoms with Gasteiger partial charge in [-0.15, -0.1) is 0 Å². The fourth-order valence-electron chi connectivity index (χ4n) is 3.46. The molecule has 1 amide bonds. The summed E-state index contributed by atoms with van der Waals surface area (Å²) in [5.74, 6) is 0.154. The van der Waals surface area contributed by atoms with Crippen molar-refractivity contribution in [1.29, 1.82) is 0 Å². The lowest BCUT2D eigenvalue weighted by molar-refractivity contribution is -0.121. The molecule has 4 aromatic rings. The van der Waals surface area contributed by atoms with Crippen molar-refractivity contribution < 1.29 is 4.79 Å². The Balaban J connectivity index is 1.48. The van der Waals surface area contributed by atoms with E-state index in [0.717, 1.165) is 5.52 Å². The van der Waals surface area contributed by atoms with Gasteiger partial charge in [0.25, 0.3) is 5.56 Å². The first-order valence-electron chi connectivity index (χ1n) is 9.41. The van der Waals surface area contributed by atoms with E-state index in [2.05, 4.69) is 29.4 Å². The maximum Gasteiger partial charge on any atom is 0.276 e. The minimum atomic E-state index is -0.137. The smallest absolute Gasteiger partial charge is 0.276 e. The van der Waals surface area contributed by atoms with E-state index < -0.39 is 0 Å². The second kappa shape index (κ2) is 7.68. The second-order valence-electron chi connectivity index (χ2n) is 6.93. The molecule has 0 aliphatic carbocycles. The lowest BCUT2D eigenvalue weighted by Gasteiger charge is -2.14. The van der Waals surface area contributed by atoms with E-state index in [4.69, 9.17) is 0 Å². The Morgan fingerprint density at radius 2 is 1.86 bits per heavy atom. The maximum absolute atomic E-state index is 12.8. The number of carbonyl (C=O) groups is 1. The Hall–Kier alpha value is -3.41. The minimum Gasteiger partial charge on any atom is -0.355 e. The summed E-state index contributed by atoms with van der Waals surface area (Å²) in [6, 6.07) is 17.5. The third kappa shape index (κ3) is 3.41. The van der Waals surface area contributed by atoms with Crippen LogP contribution in [0.15, 0.2) is 71.8 Å². The molecule has 0 fully saturated rings. The average molecular weight is 374 g/mol. The van der Waals surface area contributed by atoms with E-state index in [0.29, 0.717) is 24.3 Å². The molecule has 0 unspecified atom stereocenters. The average Bonchev–Trinajstić information content (AvgIpc) is 3.23. The summed E-state index contributed by atoms with van der Waals surface area (Å²) in [6.07, 6.45) is 3.74. The number of nitrogens with zero attached hydrogens (tertiary/aromatic N) is 3. The number of hydrogen-bond acceptors (Lipinski definition) is 3. The van der Waals surface area contributed by atoms with Crippen LogP contribution < -0.4 is 10.9 Å². The first kappa shape index (κ1) is 18.0. The van der Waals surface area contributed by atoms with Crippen LogP contribution in [0, 0.1) is 0 Å². The van der Waals surface area contributed by atoms with Gasteiger partial charge in [0, 0.05) is 31.9 Å². The number of fused-ring (bicyclic) bond motifs is 3. The summed E-state index contributed by atoms with van der Waals surface area (Å²) in [6.45, 7) is 2.94. The fourth-order valence-corrected chi connectivity index (χ4v) is 3.46. The van der Waals surface area contributed by atoms with Gasteiger partial charge < -0.3 is 9.72 Å². The molecule has 28 heavy (non-hydrogen) atoms. The van der Waals surface area contributed by atoms with E-state index in [-0.39, 0.29) is 23.8 Å². The van der Waals surface area contributed by atoms with E-state index in [1.165, 1.54) is 5.56 Å². The van der Waals surface area contributed by atoms with Crippen molar-refractivity contribution in [1.82, 2.24) is 19.3 Å². The number of pyridine rings is 1. The van der Waals surface area contributed by atoms with Gasteiger partial charge in [-0.2, -0.15) is 0 Å². The molecule has 1 atom stereocenters. The molecule has 1 aromatic carbocycles. The Morgan fingerprint density at radius 1 is 1.07 bits per heavy atom. The maximum atomic E-state index is 12.8. The lowest BCUT2D eigenvalue weighted by atomic mass is 10.0. The van der Waals surface area contributed by atoms with Crippen molar-refractivity contribution in [3.05, 3.63) is 82.9 Å². The molecule has 6 nitrogen and oxygen atoms in total. The van der Waals surface area contributed by atoms with Crippen LogP contribution in [0.25, 0.3) is 16.7 Å². The van der Waals surface area contributed by atoms with E-state index in [1.807, 2.05) is 47.0 Å². The molecule has 0 saturated carbocycles. The quantitative estimate of drug-likeness (QED) is 0.564. The fraction of sp³-hybridized carbons (Fsp3) is 0.227. The number of aryl methyl sites for hydroxylation is 1. The molecule has 0 spiro atoms. The Morgan fingerprint density at radius 3 is 2.68 bits per heavy atom. The molecular weight excluding hydrogens is 352 g/mol. The largest absolute Gasteiger partial charge is 0.355 e. The van der Waals surface area contributed by atoms with Crippen molar-refractivity contribution in [3.63, 3.8) is 0 Å². The number of carbonyl (C=O) groups excluding carboxylic acids is 1. The van der Waals surface area contributed by atoms with Crippen molar-refractivity contribution in [3.8, 4) is 0 Å². The van der Waals surface area contributed by atoms with E-state index >= 15 is 0 Å². The number of benzene rings is 1. The highest BCUT2D eigenvalue weighted by Crippen LogP contribution is 2.14. The van der Waals surface area contributed by atoms with Crippen molar-refractivity contribution in [2.45, 2.75) is 25.8 Å². The summed E-state index contributed by atoms with van der Waals surface area (Å²) in [5.41, 5.74) is 3.06. The molecule has 0 aliphatic rings. The van der Waals surface area contributed by atoms with Gasteiger partial charge in [-0.1, -0.05) is 37.3 Å². The Labute approximate surface area is 162 Å². The molecule has 0 saturated heterocycles. The normalized spacial score (nSPS) is 12.3. The second-order valence-corrected chi connectivity index (χ2v) is 6.93. The number of hydrogen-bond donors (Lipinski definition) is 1. The first-order valence-corrected chi connectivity index (χ1v) is 9.41. The summed E-state index contributed by atoms with van der Waals surface area (Å²) in [5, 5.41) is 2.97. The van der Waals surface area contributed by atoms with Crippen molar-refractivity contribution in [2.75, 3.05) is 6.54 Å². The van der Waals surface area contributed by atoms with Gasteiger partial charge in [0.05, 0.1) is 5.52 Å². The molecule has 0 bridgehead atoms. The lowest BCUT2D eigenvalue weighted by Crippen LogP contribution is -2.30. The summed E-state index contributed by atoms with van der Waals surface area (Å²) < 4.78 is 3.42. The van der Waals surface area contributed by atoms with Gasteiger partial charge in [-0.25, -0.2) is 4.98 Å². The zero-order valence-corrected chi connectivity index (χ0v) is 15.7. The molecule has 3 heterocycles. The van der Waals surface area contributed by atoms with Crippen LogP contribution in [0.3, 0.4) is 0 Å². The highest BCUT2D eigenvalue weighted by molar-refractivity contribution is 5.77. The van der Waals surface area contributed by atoms with E-state index in [9.17, 15) is 9.59 Å². The molecule has 1 N–H and O–H groups in total. The molecule has 0 radical (unpaired) electrons. The summed E-state index contributed by atoms with van der Waals surface area (Å²) in [7, 11) is 0. The third-order valence-electron chi connectivity index (χ3n) is 5.03. The Kier molecular flexibility index (Phi) is 4.93. The van der Waals surface area contributed by atoms with Crippen LogP contribution in [0.2, 0.25) is 0 Å². The van der Waals surface area contributed by atoms with Gasteiger partial charge in [0.1, 0.15) is 5.52 Å². The molecule has 142 valence electrons. The minimum absolute atomic E-state index is 0.0750. The zero-order chi connectivity index (χ0) is 19.5. The standard InChI is InChI=1S/C22H22N4O2/c1-16(17-7-3-2-4-8-17)15-24-20(27)11-14-26-21-18(9-5-12-23-21)25-13-6-10-19(25)22(26)28/h2-10,12-13,16H,11,14-15H2,1H3,(H,24,27)/t16-/m1/s1. The first-order chi connectivity index (χ1) is 13.6. The van der Waals surface area contributed by atoms with Crippen molar-refractivity contribution >= 4 is 22.6 Å². The SMILES string of the molecule is C[C@H](CNC(=O)CCn1c(=O)c2cccn2c2cccnc21)c1ccccc1. The topological polar surface area (TPSA) is 68.4 Å². The molecular formula is C22H22N4O2. The van der Waals surface area contributed by atoms with Crippen LogP contribution >= 0.6 is 0 Å². The van der Waals surface area contributed by atoms with Crippen LogP contribution in [0.1, 0.15) is 24.8 Å². The number of nitrogens with one attached hydrogen (secondary N) is 1. The zero-order valence-electron chi connectivity index (χ0n) is 15.7. The predicted octanol–water partition coefficient (Wildman–Crippen LogP) is 2.96. The van der Waals surface area contributed by atoms with Gasteiger partial charge in [0.15, 0.2) is 5.65 Å². The van der Waals surface area contributed by atoms with Crippen LogP contribution in [-0.4, -0.2) is 26.4 Å². The van der Waals surface area contributed by atoms with Crippen LogP contribution in [0.5, 0.6) is 0 Å². The van der Waals surface area contributed by atoms with E-state index in [1.54, 1.807) is 16.8 Å². The van der Waals surface area contributed by atoms with Gasteiger partial charge in [-0.3, -0.25) is 14.2 Å². The van der Waals surface area contributed by atoms with Gasteiger partial charge in [0.2, 0.25) is 5.91 Å². The van der Waals surface area contributed by atoms with Crippen LogP contribution in [-0.2, 0) is 11.3 Å². The molecule has 3 aromatic heterocycles. The summed E-state index contributed by atoms with van der Waals surface area (Å²) >= 11 is 0. The highest BCUT2D eigenvalue weighted by Gasteiger charge is 2.13. The third-order valence-corrected chi connectivity index (χ3v) is 5.03. The molecule has 0 aliphatic heterocycles. The number of amides is 1.